The van der Waals surface area contributed by atoms with Crippen LogP contribution in [0.1, 0.15) is 31.4 Å². The number of fused-ring (bicyclic) bond motifs is 1. The quantitative estimate of drug-likeness (QED) is 0.423. The van der Waals surface area contributed by atoms with Crippen LogP contribution in [0, 0.1) is 0 Å². The van der Waals surface area contributed by atoms with Crippen molar-refractivity contribution in [3.8, 4) is 5.75 Å². The van der Waals surface area contributed by atoms with E-state index in [1.54, 1.807) is 29.9 Å². The summed E-state index contributed by atoms with van der Waals surface area (Å²) in [4.78, 5) is 28.5. The third-order valence-corrected chi connectivity index (χ3v) is 5.35. The van der Waals surface area contributed by atoms with E-state index >= 15 is 0 Å². The molecule has 0 saturated heterocycles. The first-order valence-electron chi connectivity index (χ1n) is 11.1. The Morgan fingerprint density at radius 1 is 1.15 bits per heavy atom. The molecule has 0 fully saturated rings. The smallest absolute Gasteiger partial charge is 0.247 e. The van der Waals surface area contributed by atoms with E-state index in [1.165, 1.54) is 0 Å². The van der Waals surface area contributed by atoms with E-state index in [0.717, 1.165) is 18.4 Å². The molecule has 1 heterocycles. The number of carbonyl (C=O) groups is 2. The Bertz CT molecular complexity index is 1070. The zero-order chi connectivity index (χ0) is 23.6. The van der Waals surface area contributed by atoms with Crippen molar-refractivity contribution >= 4 is 22.8 Å². The van der Waals surface area contributed by atoms with E-state index in [2.05, 4.69) is 15.6 Å². The number of nitrogens with one attached hydrogen (secondary N) is 1. The van der Waals surface area contributed by atoms with Crippen molar-refractivity contribution in [2.24, 2.45) is 0 Å². The Kier molecular flexibility index (Phi) is 8.77. The van der Waals surface area contributed by atoms with Crippen molar-refractivity contribution < 1.29 is 19.1 Å². The van der Waals surface area contributed by atoms with E-state index in [0.29, 0.717) is 36.5 Å². The van der Waals surface area contributed by atoms with Gasteiger partial charge in [0.1, 0.15) is 23.9 Å². The Labute approximate surface area is 193 Å². The van der Waals surface area contributed by atoms with Crippen LogP contribution in [0.5, 0.6) is 5.75 Å². The molecule has 3 rings (SSSR count). The highest BCUT2D eigenvalue weighted by Crippen LogP contribution is 2.26. The van der Waals surface area contributed by atoms with Crippen LogP contribution in [-0.2, 0) is 20.9 Å². The van der Waals surface area contributed by atoms with Gasteiger partial charge >= 0.3 is 0 Å². The highest BCUT2D eigenvalue weighted by Gasteiger charge is 2.31. The van der Waals surface area contributed by atoms with E-state index in [9.17, 15) is 9.59 Å². The first-order valence-corrected chi connectivity index (χ1v) is 11.1. The summed E-state index contributed by atoms with van der Waals surface area (Å²) in [6.07, 6.45) is 1.64. The van der Waals surface area contributed by atoms with Crippen molar-refractivity contribution in [1.82, 2.24) is 25.2 Å². The molecule has 9 heteroatoms. The molecule has 1 aromatic heterocycles. The number of para-hydroxylation sites is 1. The lowest BCUT2D eigenvalue weighted by molar-refractivity contribution is -0.141. The molecule has 176 valence electrons. The summed E-state index contributed by atoms with van der Waals surface area (Å²) in [7, 11) is 3.15. The summed E-state index contributed by atoms with van der Waals surface area (Å²) in [6.45, 7) is 3.19. The van der Waals surface area contributed by atoms with Gasteiger partial charge in [-0.2, -0.15) is 0 Å². The van der Waals surface area contributed by atoms with Crippen LogP contribution in [0.3, 0.4) is 0 Å². The molecule has 2 amide bonds. The second kappa shape index (κ2) is 12.0. The fourth-order valence-electron chi connectivity index (χ4n) is 3.64. The normalized spacial score (nSPS) is 11.8. The van der Waals surface area contributed by atoms with E-state index in [1.807, 2.05) is 49.4 Å². The van der Waals surface area contributed by atoms with Gasteiger partial charge in [-0.25, -0.2) is 4.68 Å². The summed E-state index contributed by atoms with van der Waals surface area (Å²) in [6, 6.07) is 13.9. The summed E-state index contributed by atoms with van der Waals surface area (Å²) in [5.74, 6) is 0.134. The molecule has 9 nitrogen and oxygen atoms in total. The fourth-order valence-corrected chi connectivity index (χ4v) is 3.64. The van der Waals surface area contributed by atoms with Crippen LogP contribution in [0.4, 0.5) is 0 Å². The lowest BCUT2D eigenvalue weighted by Gasteiger charge is -2.31. The predicted octanol–water partition coefficient (Wildman–Crippen LogP) is 2.57. The molecule has 1 atom stereocenters. The second-order valence-electron chi connectivity index (χ2n) is 7.64. The van der Waals surface area contributed by atoms with Crippen LogP contribution in [-0.4, -0.2) is 65.6 Å². The number of rotatable bonds is 12. The minimum atomic E-state index is -0.814. The standard InChI is InChI=1S/C24H31N5O4/c1-4-5-14-28(22(30)17-29-21-12-7-6-11-20(21)26-27-29)23(24(31)25-13-15-32-2)18-9-8-10-19(16-18)33-3/h6-12,16,23H,4-5,13-15,17H2,1-3H3,(H,25,31)/t23-/m1/s1. The lowest BCUT2D eigenvalue weighted by Crippen LogP contribution is -2.46. The van der Waals surface area contributed by atoms with Gasteiger partial charge in [-0.1, -0.05) is 42.8 Å². The summed E-state index contributed by atoms with van der Waals surface area (Å²) in [5, 5.41) is 11.2. The van der Waals surface area contributed by atoms with E-state index < -0.39 is 6.04 Å². The maximum Gasteiger partial charge on any atom is 0.247 e. The number of unbranched alkanes of at least 4 members (excludes halogenated alkanes) is 1. The minimum absolute atomic E-state index is 0.0178. The largest absolute Gasteiger partial charge is 0.497 e. The summed E-state index contributed by atoms with van der Waals surface area (Å²) >= 11 is 0. The molecule has 3 aromatic rings. The van der Waals surface area contributed by atoms with Gasteiger partial charge in [-0.3, -0.25) is 9.59 Å². The number of carbonyl (C=O) groups excluding carboxylic acids is 2. The number of ether oxygens (including phenoxy) is 2. The van der Waals surface area contributed by atoms with Crippen LogP contribution >= 0.6 is 0 Å². The summed E-state index contributed by atoms with van der Waals surface area (Å²) < 4.78 is 12.0. The van der Waals surface area contributed by atoms with E-state index in [-0.39, 0.29) is 18.4 Å². The first kappa shape index (κ1) is 24.2. The highest BCUT2D eigenvalue weighted by molar-refractivity contribution is 5.89. The number of benzene rings is 2. The molecule has 0 unspecified atom stereocenters. The van der Waals surface area contributed by atoms with Gasteiger partial charge in [-0.05, 0) is 36.2 Å². The summed E-state index contributed by atoms with van der Waals surface area (Å²) in [5.41, 5.74) is 2.16. The molecular formula is C24H31N5O4. The highest BCUT2D eigenvalue weighted by atomic mass is 16.5. The van der Waals surface area contributed by atoms with Gasteiger partial charge in [0.2, 0.25) is 11.8 Å². The molecule has 0 bridgehead atoms. The molecule has 0 aliphatic carbocycles. The lowest BCUT2D eigenvalue weighted by atomic mass is 10.0. The number of amides is 2. The zero-order valence-electron chi connectivity index (χ0n) is 19.4. The van der Waals surface area contributed by atoms with E-state index in [4.69, 9.17) is 9.47 Å². The van der Waals surface area contributed by atoms with Gasteiger partial charge in [0.15, 0.2) is 0 Å². The Hall–Kier alpha value is -3.46. The van der Waals surface area contributed by atoms with Crippen molar-refractivity contribution in [3.63, 3.8) is 0 Å². The van der Waals surface area contributed by atoms with Crippen molar-refractivity contribution in [2.75, 3.05) is 33.9 Å². The molecular weight excluding hydrogens is 422 g/mol. The van der Waals surface area contributed by atoms with Crippen molar-refractivity contribution in [3.05, 3.63) is 54.1 Å². The molecule has 0 spiro atoms. The molecule has 1 N–H and O–H groups in total. The van der Waals surface area contributed by atoms with Gasteiger partial charge < -0.3 is 19.7 Å². The molecule has 0 aliphatic heterocycles. The first-order chi connectivity index (χ1) is 16.1. The van der Waals surface area contributed by atoms with Crippen molar-refractivity contribution in [2.45, 2.75) is 32.4 Å². The number of nitrogens with zero attached hydrogens (tertiary/aromatic N) is 4. The number of methoxy groups -OCH3 is 2. The van der Waals surface area contributed by atoms with Crippen LogP contribution in [0.25, 0.3) is 11.0 Å². The third-order valence-electron chi connectivity index (χ3n) is 5.35. The Balaban J connectivity index is 1.94. The average molecular weight is 454 g/mol. The number of hydrogen-bond donors (Lipinski definition) is 1. The molecule has 33 heavy (non-hydrogen) atoms. The Morgan fingerprint density at radius 3 is 2.73 bits per heavy atom. The van der Waals surface area contributed by atoms with Crippen LogP contribution < -0.4 is 10.1 Å². The Morgan fingerprint density at radius 2 is 1.97 bits per heavy atom. The van der Waals surface area contributed by atoms with Gasteiger partial charge in [-0.15, -0.1) is 5.10 Å². The molecule has 0 saturated carbocycles. The monoisotopic (exact) mass is 453 g/mol. The minimum Gasteiger partial charge on any atom is -0.497 e. The van der Waals surface area contributed by atoms with Gasteiger partial charge in [0, 0.05) is 20.2 Å². The second-order valence-corrected chi connectivity index (χ2v) is 7.64. The third kappa shape index (κ3) is 6.07. The maximum atomic E-state index is 13.6. The van der Waals surface area contributed by atoms with Gasteiger partial charge in [0.05, 0.1) is 19.2 Å². The van der Waals surface area contributed by atoms with Crippen LogP contribution in [0.15, 0.2) is 48.5 Å². The zero-order valence-corrected chi connectivity index (χ0v) is 19.4. The predicted molar refractivity (Wildman–Crippen MR) is 125 cm³/mol. The average Bonchev–Trinajstić information content (AvgIpc) is 3.24. The van der Waals surface area contributed by atoms with Gasteiger partial charge in [0.25, 0.3) is 0 Å². The fraction of sp³-hybridized carbons (Fsp3) is 0.417. The molecule has 0 aliphatic rings. The SMILES string of the molecule is CCCCN(C(=O)Cn1nnc2ccccc21)[C@@H](C(=O)NCCOC)c1cccc(OC)c1. The molecule has 2 aromatic carbocycles. The topological polar surface area (TPSA) is 98.6 Å². The van der Waals surface area contributed by atoms with Crippen LogP contribution in [0.2, 0.25) is 0 Å². The number of hydrogen-bond acceptors (Lipinski definition) is 6. The maximum absolute atomic E-state index is 13.6. The molecule has 0 radical (unpaired) electrons. The number of aromatic nitrogens is 3. The van der Waals surface area contributed by atoms with Crippen molar-refractivity contribution in [1.29, 1.82) is 0 Å².